The molecule has 0 aliphatic carbocycles. The van der Waals surface area contributed by atoms with Crippen molar-refractivity contribution >= 4 is 29.1 Å². The number of halogens is 2. The predicted octanol–water partition coefficient (Wildman–Crippen LogP) is 2.83. The first-order chi connectivity index (χ1) is 9.47. The van der Waals surface area contributed by atoms with Crippen LogP contribution in [0.5, 0.6) is 0 Å². The van der Waals surface area contributed by atoms with Crippen molar-refractivity contribution < 1.29 is 14.0 Å². The van der Waals surface area contributed by atoms with Crippen LogP contribution in [0.25, 0.3) is 0 Å². The minimum atomic E-state index is -0.551. The van der Waals surface area contributed by atoms with Gasteiger partial charge in [0.05, 0.1) is 10.6 Å². The Morgan fingerprint density at radius 3 is 2.30 bits per heavy atom. The van der Waals surface area contributed by atoms with Crippen molar-refractivity contribution in [3.05, 3.63) is 64.4 Å². The Kier molecular flexibility index (Phi) is 4.00. The number of nitrogens with one attached hydrogen (secondary N) is 1. The average Bonchev–Trinajstić information content (AvgIpc) is 2.39. The summed E-state index contributed by atoms with van der Waals surface area (Å²) in [6, 6.07) is 9.56. The van der Waals surface area contributed by atoms with E-state index < -0.39 is 17.6 Å². The maximum Gasteiger partial charge on any atom is 0.257 e. The van der Waals surface area contributed by atoms with E-state index in [0.29, 0.717) is 11.3 Å². The Balaban J connectivity index is 2.17. The number of carbonyl (C=O) groups is 2. The van der Waals surface area contributed by atoms with Crippen molar-refractivity contribution in [1.29, 1.82) is 0 Å². The number of hydrogen-bond acceptors (Lipinski definition) is 2. The third kappa shape index (κ3) is 3.13. The van der Waals surface area contributed by atoms with Gasteiger partial charge < -0.3 is 11.1 Å². The summed E-state index contributed by atoms with van der Waals surface area (Å²) in [6.45, 7) is 0. The van der Waals surface area contributed by atoms with Crippen LogP contribution in [0.15, 0.2) is 42.5 Å². The molecule has 6 heteroatoms. The van der Waals surface area contributed by atoms with Crippen molar-refractivity contribution in [2.75, 3.05) is 5.32 Å². The molecule has 3 N–H and O–H groups in total. The molecule has 0 aromatic heterocycles. The minimum absolute atomic E-state index is 0.0243. The molecule has 20 heavy (non-hydrogen) atoms. The molecule has 0 heterocycles. The highest BCUT2D eigenvalue weighted by Gasteiger charge is 2.11. The molecule has 0 saturated heterocycles. The van der Waals surface area contributed by atoms with Gasteiger partial charge in [0.25, 0.3) is 5.91 Å². The first-order valence-corrected chi connectivity index (χ1v) is 6.01. The van der Waals surface area contributed by atoms with Gasteiger partial charge in [0.2, 0.25) is 5.91 Å². The molecule has 0 unspecified atom stereocenters. The fraction of sp³-hybridized carbons (Fsp3) is 0. The Bertz CT molecular complexity index is 671. The number of anilines is 1. The molecule has 102 valence electrons. The Morgan fingerprint density at radius 1 is 1.10 bits per heavy atom. The highest BCUT2D eigenvalue weighted by molar-refractivity contribution is 6.34. The molecule has 2 amide bonds. The lowest BCUT2D eigenvalue weighted by Crippen LogP contribution is -2.14. The van der Waals surface area contributed by atoms with E-state index in [1.54, 1.807) is 0 Å². The summed E-state index contributed by atoms with van der Waals surface area (Å²) in [5, 5.41) is 2.61. The third-order valence-electron chi connectivity index (χ3n) is 2.60. The van der Waals surface area contributed by atoms with E-state index in [1.807, 2.05) is 0 Å². The van der Waals surface area contributed by atoms with Crippen LogP contribution in [-0.4, -0.2) is 11.8 Å². The number of carbonyl (C=O) groups excluding carboxylic acids is 2. The quantitative estimate of drug-likeness (QED) is 0.913. The second-order valence-electron chi connectivity index (χ2n) is 4.02. The monoisotopic (exact) mass is 292 g/mol. The second-order valence-corrected chi connectivity index (χ2v) is 4.43. The van der Waals surface area contributed by atoms with Crippen LogP contribution in [0.4, 0.5) is 10.1 Å². The van der Waals surface area contributed by atoms with E-state index in [-0.39, 0.29) is 10.6 Å². The van der Waals surface area contributed by atoms with E-state index in [0.717, 1.165) is 12.1 Å². The maximum absolute atomic E-state index is 12.9. The van der Waals surface area contributed by atoms with E-state index in [9.17, 15) is 14.0 Å². The van der Waals surface area contributed by atoms with Crippen LogP contribution in [0, 0.1) is 5.82 Å². The topological polar surface area (TPSA) is 72.2 Å². The zero-order valence-corrected chi connectivity index (χ0v) is 10.9. The summed E-state index contributed by atoms with van der Waals surface area (Å²) < 4.78 is 12.9. The molecule has 0 fully saturated rings. The number of primary amides is 1. The molecule has 0 radical (unpaired) electrons. The zero-order valence-electron chi connectivity index (χ0n) is 10.2. The molecule has 0 saturated carbocycles. The lowest BCUT2D eigenvalue weighted by atomic mass is 10.1. The van der Waals surface area contributed by atoms with Crippen LogP contribution in [0.3, 0.4) is 0 Å². The molecule has 0 bridgehead atoms. The van der Waals surface area contributed by atoms with E-state index in [1.165, 1.54) is 30.3 Å². The van der Waals surface area contributed by atoms with Gasteiger partial charge in [0, 0.05) is 11.3 Å². The highest BCUT2D eigenvalue weighted by Crippen LogP contribution is 2.19. The Hall–Kier alpha value is -2.40. The fourth-order valence-corrected chi connectivity index (χ4v) is 1.84. The lowest BCUT2D eigenvalue weighted by Gasteiger charge is -2.07. The molecular formula is C14H10ClFN2O2. The zero-order chi connectivity index (χ0) is 14.7. The van der Waals surface area contributed by atoms with Crippen LogP contribution in [0.2, 0.25) is 5.02 Å². The van der Waals surface area contributed by atoms with E-state index >= 15 is 0 Å². The molecule has 2 aromatic rings. The molecular weight excluding hydrogens is 283 g/mol. The molecule has 2 aromatic carbocycles. The van der Waals surface area contributed by atoms with Gasteiger partial charge in [-0.3, -0.25) is 9.59 Å². The standard InChI is InChI=1S/C14H10ClFN2O2/c15-12-7-9(16)3-6-11(12)14(20)18-10-4-1-8(2-5-10)13(17)19/h1-7H,(H2,17,19)(H,18,20). The van der Waals surface area contributed by atoms with Crippen LogP contribution < -0.4 is 11.1 Å². The van der Waals surface area contributed by atoms with Crippen molar-refractivity contribution in [2.45, 2.75) is 0 Å². The number of hydrogen-bond donors (Lipinski definition) is 2. The van der Waals surface area contributed by atoms with Crippen molar-refractivity contribution in [2.24, 2.45) is 5.73 Å². The van der Waals surface area contributed by atoms with Crippen LogP contribution in [-0.2, 0) is 0 Å². The Morgan fingerprint density at radius 2 is 1.75 bits per heavy atom. The van der Waals surface area contributed by atoms with E-state index in [4.69, 9.17) is 17.3 Å². The average molecular weight is 293 g/mol. The second kappa shape index (κ2) is 5.71. The van der Waals surface area contributed by atoms with Crippen molar-refractivity contribution in [3.8, 4) is 0 Å². The van der Waals surface area contributed by atoms with Crippen LogP contribution >= 0.6 is 11.6 Å². The highest BCUT2D eigenvalue weighted by atomic mass is 35.5. The predicted molar refractivity (Wildman–Crippen MR) is 74.3 cm³/mol. The minimum Gasteiger partial charge on any atom is -0.366 e. The molecule has 0 atom stereocenters. The first kappa shape index (κ1) is 14.0. The van der Waals surface area contributed by atoms with Gasteiger partial charge in [-0.2, -0.15) is 0 Å². The van der Waals surface area contributed by atoms with Gasteiger partial charge in [-0.05, 0) is 42.5 Å². The van der Waals surface area contributed by atoms with Crippen LogP contribution in [0.1, 0.15) is 20.7 Å². The van der Waals surface area contributed by atoms with Gasteiger partial charge in [-0.15, -0.1) is 0 Å². The Labute approximate surface area is 119 Å². The van der Waals surface area contributed by atoms with Gasteiger partial charge in [0.1, 0.15) is 5.82 Å². The lowest BCUT2D eigenvalue weighted by molar-refractivity contribution is 0.0998. The fourth-order valence-electron chi connectivity index (χ4n) is 1.59. The summed E-state index contributed by atoms with van der Waals surface area (Å²) in [5.74, 6) is -1.54. The maximum atomic E-state index is 12.9. The molecule has 0 aliphatic rings. The third-order valence-corrected chi connectivity index (χ3v) is 2.92. The van der Waals surface area contributed by atoms with Crippen molar-refractivity contribution in [1.82, 2.24) is 0 Å². The van der Waals surface area contributed by atoms with Crippen molar-refractivity contribution in [3.63, 3.8) is 0 Å². The summed E-state index contributed by atoms with van der Waals surface area (Å²) in [5.41, 5.74) is 6.08. The summed E-state index contributed by atoms with van der Waals surface area (Å²) in [6.07, 6.45) is 0. The molecule has 0 aliphatic heterocycles. The smallest absolute Gasteiger partial charge is 0.257 e. The molecule has 0 spiro atoms. The molecule has 2 rings (SSSR count). The summed E-state index contributed by atoms with van der Waals surface area (Å²) >= 11 is 5.80. The number of nitrogens with two attached hydrogens (primary N) is 1. The number of amides is 2. The van der Waals surface area contributed by atoms with Gasteiger partial charge in [-0.25, -0.2) is 4.39 Å². The SMILES string of the molecule is NC(=O)c1ccc(NC(=O)c2ccc(F)cc2Cl)cc1. The summed E-state index contributed by atoms with van der Waals surface area (Å²) in [7, 11) is 0. The summed E-state index contributed by atoms with van der Waals surface area (Å²) in [4.78, 5) is 22.9. The van der Waals surface area contributed by atoms with Gasteiger partial charge in [-0.1, -0.05) is 11.6 Å². The molecule has 4 nitrogen and oxygen atoms in total. The number of rotatable bonds is 3. The first-order valence-electron chi connectivity index (χ1n) is 5.63. The van der Waals surface area contributed by atoms with Gasteiger partial charge >= 0.3 is 0 Å². The normalized spacial score (nSPS) is 10.1. The number of benzene rings is 2. The largest absolute Gasteiger partial charge is 0.366 e. The van der Waals surface area contributed by atoms with E-state index in [2.05, 4.69) is 5.32 Å². The van der Waals surface area contributed by atoms with Gasteiger partial charge in [0.15, 0.2) is 0 Å².